The average Bonchev–Trinajstić information content (AvgIpc) is 2.10. The molecule has 2 aromatic rings. The van der Waals surface area contributed by atoms with Gasteiger partial charge in [-0.05, 0) is 39.5 Å². The molecule has 1 nitrogen and oxygen atoms in total. The predicted octanol–water partition coefficient (Wildman–Crippen LogP) is 3.59. The van der Waals surface area contributed by atoms with Gasteiger partial charge in [0.05, 0.1) is 0 Å². The molecule has 0 atom stereocenters. The molecule has 0 saturated carbocycles. The minimum Gasteiger partial charge on any atom is -0.508 e. The van der Waals surface area contributed by atoms with Crippen LogP contribution in [0.1, 0.15) is 0 Å². The van der Waals surface area contributed by atoms with Gasteiger partial charge in [0.25, 0.3) is 0 Å². The van der Waals surface area contributed by atoms with Gasteiger partial charge in [-0.1, -0.05) is 6.07 Å². The SMILES string of the molecule is Oc1cc(Br)c2c(F)c(F)ccc2c1. The van der Waals surface area contributed by atoms with E-state index >= 15 is 0 Å². The van der Waals surface area contributed by atoms with Crippen LogP contribution in [0.4, 0.5) is 8.78 Å². The Morgan fingerprint density at radius 1 is 1.14 bits per heavy atom. The van der Waals surface area contributed by atoms with Crippen molar-refractivity contribution in [3.05, 3.63) is 40.4 Å². The summed E-state index contributed by atoms with van der Waals surface area (Å²) < 4.78 is 26.5. The number of fused-ring (bicyclic) bond motifs is 1. The fourth-order valence-corrected chi connectivity index (χ4v) is 1.97. The average molecular weight is 259 g/mol. The van der Waals surface area contributed by atoms with E-state index in [-0.39, 0.29) is 11.1 Å². The molecule has 0 amide bonds. The summed E-state index contributed by atoms with van der Waals surface area (Å²) in [7, 11) is 0. The standard InChI is InChI=1S/C10H5BrF2O/c11-7-4-6(14)3-5-1-2-8(12)10(13)9(5)7/h1-4,14H. The number of aromatic hydroxyl groups is 1. The second kappa shape index (κ2) is 3.20. The maximum absolute atomic E-state index is 13.3. The van der Waals surface area contributed by atoms with Crippen LogP contribution in [0.5, 0.6) is 5.75 Å². The first-order valence-electron chi connectivity index (χ1n) is 3.86. The molecular formula is C10H5BrF2O. The van der Waals surface area contributed by atoms with Gasteiger partial charge < -0.3 is 5.11 Å². The van der Waals surface area contributed by atoms with Crippen molar-refractivity contribution < 1.29 is 13.9 Å². The molecule has 0 radical (unpaired) electrons. The van der Waals surface area contributed by atoms with Crippen molar-refractivity contribution in [2.45, 2.75) is 0 Å². The van der Waals surface area contributed by atoms with Gasteiger partial charge in [0.2, 0.25) is 0 Å². The Morgan fingerprint density at radius 3 is 2.57 bits per heavy atom. The highest BCUT2D eigenvalue weighted by Gasteiger charge is 2.10. The summed E-state index contributed by atoms with van der Waals surface area (Å²) in [6, 6.07) is 5.15. The molecule has 72 valence electrons. The molecule has 0 aromatic heterocycles. The van der Waals surface area contributed by atoms with Crippen LogP contribution in [-0.4, -0.2) is 5.11 Å². The van der Waals surface area contributed by atoms with E-state index in [0.717, 1.165) is 6.07 Å². The van der Waals surface area contributed by atoms with Gasteiger partial charge in [-0.15, -0.1) is 0 Å². The molecule has 1 N–H and O–H groups in total. The molecule has 0 aliphatic heterocycles. The van der Waals surface area contributed by atoms with E-state index in [1.165, 1.54) is 18.2 Å². The zero-order valence-corrected chi connectivity index (χ0v) is 8.48. The van der Waals surface area contributed by atoms with E-state index < -0.39 is 11.6 Å². The van der Waals surface area contributed by atoms with Crippen molar-refractivity contribution in [1.29, 1.82) is 0 Å². The van der Waals surface area contributed by atoms with Crippen LogP contribution < -0.4 is 0 Å². The van der Waals surface area contributed by atoms with Crippen LogP contribution in [0.15, 0.2) is 28.7 Å². The Hall–Kier alpha value is -1.16. The van der Waals surface area contributed by atoms with Crippen LogP contribution >= 0.6 is 15.9 Å². The summed E-state index contributed by atoms with van der Waals surface area (Å²) in [6.45, 7) is 0. The van der Waals surface area contributed by atoms with Crippen molar-refractivity contribution in [2.75, 3.05) is 0 Å². The quantitative estimate of drug-likeness (QED) is 0.766. The van der Waals surface area contributed by atoms with E-state index in [9.17, 15) is 13.9 Å². The summed E-state index contributed by atoms with van der Waals surface area (Å²) in [6.07, 6.45) is 0. The number of phenolic OH excluding ortho intramolecular Hbond substituents is 1. The number of rotatable bonds is 0. The first kappa shape index (κ1) is 9.40. The fraction of sp³-hybridized carbons (Fsp3) is 0. The zero-order chi connectivity index (χ0) is 10.3. The molecule has 2 aromatic carbocycles. The number of benzene rings is 2. The molecule has 4 heteroatoms. The van der Waals surface area contributed by atoms with E-state index in [0.29, 0.717) is 9.86 Å². The Kier molecular flexibility index (Phi) is 2.15. The molecule has 2 rings (SSSR count). The van der Waals surface area contributed by atoms with E-state index in [1.807, 2.05) is 0 Å². The van der Waals surface area contributed by atoms with Gasteiger partial charge in [0.1, 0.15) is 5.75 Å². The Bertz CT molecular complexity index is 511. The van der Waals surface area contributed by atoms with Crippen molar-refractivity contribution in [2.24, 2.45) is 0 Å². The van der Waals surface area contributed by atoms with Gasteiger partial charge >= 0.3 is 0 Å². The van der Waals surface area contributed by atoms with Crippen LogP contribution in [0, 0.1) is 11.6 Å². The van der Waals surface area contributed by atoms with Crippen molar-refractivity contribution >= 4 is 26.7 Å². The number of phenols is 1. The third-order valence-corrected chi connectivity index (χ3v) is 2.57. The number of halogens is 3. The van der Waals surface area contributed by atoms with E-state index in [2.05, 4.69) is 15.9 Å². The number of hydrogen-bond donors (Lipinski definition) is 1. The topological polar surface area (TPSA) is 20.2 Å². The lowest BCUT2D eigenvalue weighted by atomic mass is 10.1. The van der Waals surface area contributed by atoms with Crippen molar-refractivity contribution in [3.63, 3.8) is 0 Å². The zero-order valence-electron chi connectivity index (χ0n) is 6.89. The molecule has 0 saturated heterocycles. The van der Waals surface area contributed by atoms with Gasteiger partial charge in [-0.3, -0.25) is 0 Å². The highest BCUT2D eigenvalue weighted by molar-refractivity contribution is 9.10. The third kappa shape index (κ3) is 1.35. The van der Waals surface area contributed by atoms with E-state index in [4.69, 9.17) is 0 Å². The van der Waals surface area contributed by atoms with Gasteiger partial charge in [0.15, 0.2) is 11.6 Å². The maximum atomic E-state index is 13.3. The molecule has 0 spiro atoms. The second-order valence-electron chi connectivity index (χ2n) is 2.89. The summed E-state index contributed by atoms with van der Waals surface area (Å²) >= 11 is 3.07. The second-order valence-corrected chi connectivity index (χ2v) is 3.74. The summed E-state index contributed by atoms with van der Waals surface area (Å²) in [5, 5.41) is 9.82. The van der Waals surface area contributed by atoms with Crippen molar-refractivity contribution in [3.8, 4) is 5.75 Å². The minimum absolute atomic E-state index is 0.00961. The first-order chi connectivity index (χ1) is 6.59. The highest BCUT2D eigenvalue weighted by Crippen LogP contribution is 2.31. The smallest absolute Gasteiger partial charge is 0.167 e. The Labute approximate surface area is 87.1 Å². The fourth-order valence-electron chi connectivity index (χ4n) is 1.33. The largest absolute Gasteiger partial charge is 0.508 e. The monoisotopic (exact) mass is 258 g/mol. The lowest BCUT2D eigenvalue weighted by Gasteiger charge is -2.03. The molecule has 0 fully saturated rings. The van der Waals surface area contributed by atoms with Crippen LogP contribution in [0.25, 0.3) is 10.8 Å². The van der Waals surface area contributed by atoms with Crippen LogP contribution in [0.3, 0.4) is 0 Å². The first-order valence-corrected chi connectivity index (χ1v) is 4.65. The van der Waals surface area contributed by atoms with Crippen LogP contribution in [0.2, 0.25) is 0 Å². The summed E-state index contributed by atoms with van der Waals surface area (Å²) in [5.41, 5.74) is 0. The maximum Gasteiger partial charge on any atom is 0.167 e. The Balaban J connectivity index is 2.95. The Morgan fingerprint density at radius 2 is 1.86 bits per heavy atom. The minimum atomic E-state index is -0.908. The third-order valence-electron chi connectivity index (χ3n) is 1.94. The van der Waals surface area contributed by atoms with Crippen LogP contribution in [-0.2, 0) is 0 Å². The lowest BCUT2D eigenvalue weighted by Crippen LogP contribution is -1.87. The lowest BCUT2D eigenvalue weighted by molar-refractivity contribution is 0.475. The summed E-state index contributed by atoms with van der Waals surface area (Å²) in [4.78, 5) is 0. The molecule has 0 unspecified atom stereocenters. The molecule has 0 heterocycles. The molecule has 0 aliphatic rings. The molecule has 0 bridgehead atoms. The normalized spacial score (nSPS) is 10.8. The predicted molar refractivity (Wildman–Crippen MR) is 53.2 cm³/mol. The molecular weight excluding hydrogens is 254 g/mol. The van der Waals surface area contributed by atoms with Gasteiger partial charge in [-0.25, -0.2) is 8.78 Å². The van der Waals surface area contributed by atoms with E-state index in [1.54, 1.807) is 0 Å². The van der Waals surface area contributed by atoms with Gasteiger partial charge in [-0.2, -0.15) is 0 Å². The number of hydrogen-bond acceptors (Lipinski definition) is 1. The van der Waals surface area contributed by atoms with Gasteiger partial charge in [0, 0.05) is 9.86 Å². The summed E-state index contributed by atoms with van der Waals surface area (Å²) in [5.74, 6) is -1.80. The molecule has 0 aliphatic carbocycles. The van der Waals surface area contributed by atoms with Crippen molar-refractivity contribution in [1.82, 2.24) is 0 Å². The molecule has 14 heavy (non-hydrogen) atoms. The highest BCUT2D eigenvalue weighted by atomic mass is 79.9.